The van der Waals surface area contributed by atoms with Gasteiger partial charge in [0.2, 0.25) is 0 Å². The zero-order valence-electron chi connectivity index (χ0n) is 9.72. The molecule has 0 spiro atoms. The normalized spacial score (nSPS) is 13.9. The molecule has 1 aromatic rings. The van der Waals surface area contributed by atoms with Crippen molar-refractivity contribution in [1.82, 2.24) is 14.5 Å². The number of hydrogen-bond donors (Lipinski definition) is 2. The van der Waals surface area contributed by atoms with Crippen LogP contribution < -0.4 is 4.72 Å². The molecule has 0 amide bonds. The fraction of sp³-hybridized carbons (Fsp3) is 0.667. The summed E-state index contributed by atoms with van der Waals surface area (Å²) < 4.78 is 27.8. The second-order valence-electron chi connectivity index (χ2n) is 3.66. The molecule has 1 unspecified atom stereocenters. The van der Waals surface area contributed by atoms with E-state index in [9.17, 15) is 8.42 Å². The van der Waals surface area contributed by atoms with Crippen molar-refractivity contribution >= 4 is 21.6 Å². The van der Waals surface area contributed by atoms with Crippen molar-refractivity contribution in [3.63, 3.8) is 0 Å². The van der Waals surface area contributed by atoms with E-state index in [1.807, 2.05) is 6.92 Å². The molecule has 8 heteroatoms. The maximum Gasteiger partial charge on any atom is 0.259 e. The van der Waals surface area contributed by atoms with Crippen LogP contribution in [0, 0.1) is 0 Å². The van der Waals surface area contributed by atoms with Crippen molar-refractivity contribution < 1.29 is 13.5 Å². The summed E-state index contributed by atoms with van der Waals surface area (Å²) in [4.78, 5) is 0. The zero-order valence-corrected chi connectivity index (χ0v) is 11.3. The summed E-state index contributed by atoms with van der Waals surface area (Å²) in [6.07, 6.45) is 2.24. The summed E-state index contributed by atoms with van der Waals surface area (Å²) in [6.45, 7) is 1.77. The number of aromatic nitrogens is 2. The monoisotopic (exact) mass is 281 g/mol. The predicted octanol–water partition coefficient (Wildman–Crippen LogP) is 0.513. The van der Waals surface area contributed by atoms with Crippen molar-refractivity contribution in [3.8, 4) is 0 Å². The molecule has 98 valence electrons. The van der Waals surface area contributed by atoms with Crippen molar-refractivity contribution in [3.05, 3.63) is 11.2 Å². The number of aliphatic hydroxyl groups excluding tert-OH is 1. The van der Waals surface area contributed by atoms with Crippen LogP contribution in [0.25, 0.3) is 0 Å². The van der Waals surface area contributed by atoms with E-state index in [1.165, 1.54) is 17.9 Å². The van der Waals surface area contributed by atoms with Crippen molar-refractivity contribution in [1.29, 1.82) is 0 Å². The molecule has 0 fully saturated rings. The van der Waals surface area contributed by atoms with Gasteiger partial charge in [-0.3, -0.25) is 4.68 Å². The van der Waals surface area contributed by atoms with Gasteiger partial charge in [-0.1, -0.05) is 18.5 Å². The number of rotatable bonds is 6. The number of aliphatic hydroxyl groups is 1. The van der Waals surface area contributed by atoms with Crippen molar-refractivity contribution in [2.24, 2.45) is 7.05 Å². The van der Waals surface area contributed by atoms with E-state index in [1.54, 1.807) is 0 Å². The van der Waals surface area contributed by atoms with Gasteiger partial charge in [0.25, 0.3) is 10.0 Å². The molecule has 1 rings (SSSR count). The standard InChI is InChI=1S/C9H16ClN3O3S/c1-3-7(4-5-14)12-17(15,16)9-8(10)6-11-13(9)2/h6-7,12,14H,3-5H2,1-2H3. The molecule has 0 aliphatic heterocycles. The Morgan fingerprint density at radius 1 is 1.65 bits per heavy atom. The lowest BCUT2D eigenvalue weighted by molar-refractivity contribution is 0.270. The van der Waals surface area contributed by atoms with E-state index >= 15 is 0 Å². The Kier molecular flexibility index (Phi) is 4.93. The van der Waals surface area contributed by atoms with E-state index in [0.29, 0.717) is 12.8 Å². The number of nitrogens with one attached hydrogen (secondary N) is 1. The number of halogens is 1. The average molecular weight is 282 g/mol. The van der Waals surface area contributed by atoms with Gasteiger partial charge in [0.1, 0.15) is 0 Å². The van der Waals surface area contributed by atoms with Crippen LogP contribution in [-0.4, -0.2) is 36.0 Å². The number of nitrogens with zero attached hydrogens (tertiary/aromatic N) is 2. The number of hydrogen-bond acceptors (Lipinski definition) is 4. The summed E-state index contributed by atoms with van der Waals surface area (Å²) in [7, 11) is -2.20. The summed E-state index contributed by atoms with van der Waals surface area (Å²) in [6, 6.07) is -0.309. The molecule has 0 saturated heterocycles. The van der Waals surface area contributed by atoms with Crippen LogP contribution >= 0.6 is 11.6 Å². The highest BCUT2D eigenvalue weighted by Crippen LogP contribution is 2.20. The van der Waals surface area contributed by atoms with Gasteiger partial charge in [0.05, 0.1) is 11.2 Å². The lowest BCUT2D eigenvalue weighted by atomic mass is 10.2. The quantitative estimate of drug-likeness (QED) is 0.796. The zero-order chi connectivity index (χ0) is 13.1. The fourth-order valence-electron chi connectivity index (χ4n) is 1.48. The smallest absolute Gasteiger partial charge is 0.259 e. The van der Waals surface area contributed by atoms with Crippen LogP contribution in [0.4, 0.5) is 0 Å². The van der Waals surface area contributed by atoms with Gasteiger partial charge in [-0.15, -0.1) is 0 Å². The van der Waals surface area contributed by atoms with E-state index in [4.69, 9.17) is 16.7 Å². The molecular formula is C9H16ClN3O3S. The van der Waals surface area contributed by atoms with E-state index in [-0.39, 0.29) is 22.7 Å². The van der Waals surface area contributed by atoms with Gasteiger partial charge in [-0.05, 0) is 12.8 Å². The van der Waals surface area contributed by atoms with Gasteiger partial charge in [0, 0.05) is 19.7 Å². The lowest BCUT2D eigenvalue weighted by Crippen LogP contribution is -2.36. The van der Waals surface area contributed by atoms with Crippen LogP contribution in [0.5, 0.6) is 0 Å². The van der Waals surface area contributed by atoms with Gasteiger partial charge in [-0.2, -0.15) is 5.10 Å². The van der Waals surface area contributed by atoms with Crippen LogP contribution in [0.15, 0.2) is 11.2 Å². The lowest BCUT2D eigenvalue weighted by Gasteiger charge is -2.15. The highest BCUT2D eigenvalue weighted by Gasteiger charge is 2.25. The maximum absolute atomic E-state index is 12.0. The third-order valence-corrected chi connectivity index (χ3v) is 4.41. The molecule has 0 saturated carbocycles. The second kappa shape index (κ2) is 5.81. The molecule has 0 aliphatic rings. The van der Waals surface area contributed by atoms with Crippen LogP contribution in [0.3, 0.4) is 0 Å². The highest BCUT2D eigenvalue weighted by atomic mass is 35.5. The predicted molar refractivity (Wildman–Crippen MR) is 64.3 cm³/mol. The third kappa shape index (κ3) is 3.41. The molecule has 1 atom stereocenters. The molecule has 1 heterocycles. The Labute approximate surface area is 106 Å². The Bertz CT molecular complexity index is 452. The first-order chi connectivity index (χ1) is 7.92. The molecule has 6 nitrogen and oxygen atoms in total. The Balaban J connectivity index is 2.96. The van der Waals surface area contributed by atoms with E-state index < -0.39 is 10.0 Å². The summed E-state index contributed by atoms with van der Waals surface area (Å²) >= 11 is 5.78. The Morgan fingerprint density at radius 2 is 2.29 bits per heavy atom. The van der Waals surface area contributed by atoms with E-state index in [2.05, 4.69) is 9.82 Å². The second-order valence-corrected chi connectivity index (χ2v) is 5.70. The van der Waals surface area contributed by atoms with Crippen molar-refractivity contribution in [2.75, 3.05) is 6.61 Å². The van der Waals surface area contributed by atoms with Crippen LogP contribution in [-0.2, 0) is 17.1 Å². The summed E-state index contributed by atoms with van der Waals surface area (Å²) in [5.74, 6) is 0. The first-order valence-electron chi connectivity index (χ1n) is 5.23. The van der Waals surface area contributed by atoms with Gasteiger partial charge < -0.3 is 5.11 Å². The molecular weight excluding hydrogens is 266 g/mol. The van der Waals surface area contributed by atoms with Gasteiger partial charge in [-0.25, -0.2) is 13.1 Å². The SMILES string of the molecule is CCC(CCO)NS(=O)(=O)c1c(Cl)cnn1C. The molecule has 17 heavy (non-hydrogen) atoms. The minimum atomic E-state index is -3.70. The number of aryl methyl sites for hydroxylation is 1. The maximum atomic E-state index is 12.0. The first-order valence-corrected chi connectivity index (χ1v) is 7.09. The topological polar surface area (TPSA) is 84.2 Å². The Morgan fingerprint density at radius 3 is 2.71 bits per heavy atom. The largest absolute Gasteiger partial charge is 0.396 e. The summed E-state index contributed by atoms with van der Waals surface area (Å²) in [5, 5.41) is 12.6. The van der Waals surface area contributed by atoms with Gasteiger partial charge >= 0.3 is 0 Å². The third-order valence-electron chi connectivity index (χ3n) is 2.39. The number of sulfonamides is 1. The first kappa shape index (κ1) is 14.4. The minimum absolute atomic E-state index is 0.0597. The van der Waals surface area contributed by atoms with Crippen molar-refractivity contribution in [2.45, 2.75) is 30.8 Å². The van der Waals surface area contributed by atoms with Crippen LogP contribution in [0.2, 0.25) is 5.02 Å². The molecule has 0 radical (unpaired) electrons. The molecule has 0 bridgehead atoms. The molecule has 0 aromatic carbocycles. The van der Waals surface area contributed by atoms with E-state index in [0.717, 1.165) is 0 Å². The van der Waals surface area contributed by atoms with Crippen LogP contribution in [0.1, 0.15) is 19.8 Å². The molecule has 2 N–H and O–H groups in total. The average Bonchev–Trinajstić information content (AvgIpc) is 2.58. The fourth-order valence-corrected chi connectivity index (χ4v) is 3.49. The minimum Gasteiger partial charge on any atom is -0.396 e. The highest BCUT2D eigenvalue weighted by molar-refractivity contribution is 7.89. The van der Waals surface area contributed by atoms with Gasteiger partial charge in [0.15, 0.2) is 5.03 Å². The summed E-state index contributed by atoms with van der Waals surface area (Å²) in [5.41, 5.74) is 0. The molecule has 0 aliphatic carbocycles. The molecule has 1 aromatic heterocycles. The Hall–Kier alpha value is -0.630.